The molecular weight excluding hydrogens is 378 g/mol. The maximum atomic E-state index is 11.7. The number of phenols is 1. The second-order valence-corrected chi connectivity index (χ2v) is 10.6. The second-order valence-electron chi connectivity index (χ2n) is 10.6. The zero-order valence-electron chi connectivity index (χ0n) is 19.1. The molecule has 30 heavy (non-hydrogen) atoms. The highest BCUT2D eigenvalue weighted by Gasteiger charge is 2.74. The van der Waals surface area contributed by atoms with Crippen molar-refractivity contribution in [2.45, 2.75) is 88.6 Å². The molecule has 3 saturated carbocycles. The molecule has 6 rings (SSSR count). The average Bonchev–Trinajstić information content (AvgIpc) is 3.17. The van der Waals surface area contributed by atoms with Gasteiger partial charge in [-0.1, -0.05) is 26.3 Å². The van der Waals surface area contributed by atoms with Crippen molar-refractivity contribution in [3.05, 3.63) is 23.3 Å². The topological polar surface area (TPSA) is 62.2 Å². The van der Waals surface area contributed by atoms with Gasteiger partial charge in [0, 0.05) is 30.6 Å². The minimum Gasteiger partial charge on any atom is -0.504 e. The van der Waals surface area contributed by atoms with Crippen LogP contribution in [0.2, 0.25) is 0 Å². The van der Waals surface area contributed by atoms with Crippen molar-refractivity contribution >= 4 is 0 Å². The number of benzene rings is 1. The number of hydrogen-bond acceptors (Lipinski definition) is 5. The first-order valence-electron chi connectivity index (χ1n) is 11.7. The third-order valence-electron chi connectivity index (χ3n) is 9.38. The fourth-order valence-electron chi connectivity index (χ4n) is 7.99. The summed E-state index contributed by atoms with van der Waals surface area (Å²) >= 11 is 0. The molecule has 5 nitrogen and oxygen atoms in total. The number of likely N-dealkylation sites (N-methyl/N-ethyl adjacent to an activating group) is 1. The minimum atomic E-state index is -0.807. The Morgan fingerprint density at radius 2 is 2.07 bits per heavy atom. The Labute approximate surface area is 180 Å². The number of nitrogens with zero attached hydrogens (tertiary/aromatic N) is 1. The van der Waals surface area contributed by atoms with E-state index < -0.39 is 11.2 Å². The van der Waals surface area contributed by atoms with E-state index in [1.165, 1.54) is 11.1 Å². The monoisotopic (exact) mass is 415 g/mol. The lowest BCUT2D eigenvalue weighted by Crippen LogP contribution is -2.74. The molecule has 2 N–H and O–H groups in total. The van der Waals surface area contributed by atoms with Crippen molar-refractivity contribution in [3.8, 4) is 11.5 Å². The first kappa shape index (κ1) is 20.6. The van der Waals surface area contributed by atoms with Crippen LogP contribution >= 0.6 is 0 Å². The van der Waals surface area contributed by atoms with Crippen LogP contribution in [0.25, 0.3) is 0 Å². The zero-order valence-corrected chi connectivity index (χ0v) is 19.1. The van der Waals surface area contributed by atoms with Gasteiger partial charge in [-0.25, -0.2) is 0 Å². The van der Waals surface area contributed by atoms with Crippen LogP contribution in [-0.4, -0.2) is 59.2 Å². The fraction of sp³-hybridized carbons (Fsp3) is 0.760. The van der Waals surface area contributed by atoms with Crippen molar-refractivity contribution in [2.75, 3.05) is 20.7 Å². The van der Waals surface area contributed by atoms with Gasteiger partial charge >= 0.3 is 0 Å². The van der Waals surface area contributed by atoms with Gasteiger partial charge in [0.25, 0.3) is 0 Å². The standard InChI is InChI=1S/C25H37NO4/c1-6-10-23(3,28)17-14-24-11-12-25(17,29-5)22-20(24)19-15(13-18(24)26(4)7-2)8-9-16(27)21(19)30-22/h8-9,17-18,20,22,27-28H,6-7,10-14H2,1-5H3/t17-,18-,20?,22-,23+,24-,25+/m1/s1. The van der Waals surface area contributed by atoms with E-state index in [9.17, 15) is 10.2 Å². The molecule has 0 aromatic heterocycles. The van der Waals surface area contributed by atoms with E-state index in [2.05, 4.69) is 31.9 Å². The molecule has 3 fully saturated rings. The van der Waals surface area contributed by atoms with Crippen molar-refractivity contribution in [3.63, 3.8) is 0 Å². The van der Waals surface area contributed by atoms with Gasteiger partial charge < -0.3 is 24.6 Å². The predicted molar refractivity (Wildman–Crippen MR) is 116 cm³/mol. The van der Waals surface area contributed by atoms with E-state index in [-0.39, 0.29) is 29.1 Å². The lowest BCUT2D eigenvalue weighted by atomic mass is 9.41. The summed E-state index contributed by atoms with van der Waals surface area (Å²) in [5.41, 5.74) is 1.22. The minimum absolute atomic E-state index is 0.00992. The summed E-state index contributed by atoms with van der Waals surface area (Å²) in [5, 5.41) is 22.3. The maximum absolute atomic E-state index is 11.7. The Morgan fingerprint density at radius 3 is 2.73 bits per heavy atom. The number of fused-ring (bicyclic) bond motifs is 2. The van der Waals surface area contributed by atoms with Gasteiger partial charge in [-0.15, -0.1) is 0 Å². The Kier molecular flexibility index (Phi) is 4.53. The van der Waals surface area contributed by atoms with Crippen LogP contribution in [0.1, 0.15) is 69.9 Å². The fourth-order valence-corrected chi connectivity index (χ4v) is 7.99. The number of methoxy groups -OCH3 is 1. The van der Waals surface area contributed by atoms with Crippen LogP contribution in [-0.2, 0) is 11.2 Å². The van der Waals surface area contributed by atoms with Gasteiger partial charge in [0.2, 0.25) is 0 Å². The zero-order chi connectivity index (χ0) is 21.5. The third-order valence-corrected chi connectivity index (χ3v) is 9.38. The van der Waals surface area contributed by atoms with Gasteiger partial charge in [-0.2, -0.15) is 0 Å². The maximum Gasteiger partial charge on any atom is 0.165 e. The Hall–Kier alpha value is -1.30. The number of phenolic OH excluding ortho intramolecular Hbond substituents is 1. The third kappa shape index (κ3) is 2.35. The summed E-state index contributed by atoms with van der Waals surface area (Å²) in [6.45, 7) is 7.36. The molecule has 1 aromatic carbocycles. The first-order chi connectivity index (χ1) is 14.3. The molecule has 5 aliphatic rings. The molecule has 0 saturated heterocycles. The molecule has 1 aromatic rings. The molecule has 166 valence electrons. The molecule has 1 aliphatic heterocycles. The summed E-state index contributed by atoms with van der Waals surface area (Å²) in [7, 11) is 4.03. The summed E-state index contributed by atoms with van der Waals surface area (Å²) in [6.07, 6.45) is 5.43. The molecule has 1 unspecified atom stereocenters. The molecule has 2 bridgehead atoms. The van der Waals surface area contributed by atoms with Gasteiger partial charge in [0.05, 0.1) is 5.60 Å². The lowest BCUT2D eigenvalue weighted by Gasteiger charge is -2.68. The Morgan fingerprint density at radius 1 is 1.30 bits per heavy atom. The average molecular weight is 416 g/mol. The van der Waals surface area contributed by atoms with E-state index in [0.717, 1.165) is 45.1 Å². The quantitative estimate of drug-likeness (QED) is 0.739. The molecule has 0 amide bonds. The molecule has 1 heterocycles. The van der Waals surface area contributed by atoms with E-state index in [1.807, 2.05) is 6.92 Å². The van der Waals surface area contributed by atoms with Crippen LogP contribution in [0, 0.1) is 11.3 Å². The summed E-state index contributed by atoms with van der Waals surface area (Å²) < 4.78 is 13.0. The van der Waals surface area contributed by atoms with Gasteiger partial charge in [-0.05, 0) is 69.7 Å². The first-order valence-corrected chi connectivity index (χ1v) is 11.7. The highest BCUT2D eigenvalue weighted by atomic mass is 16.6. The number of aliphatic hydroxyl groups is 1. The van der Waals surface area contributed by atoms with E-state index in [1.54, 1.807) is 13.2 Å². The molecule has 0 radical (unpaired) electrons. The van der Waals surface area contributed by atoms with E-state index in [4.69, 9.17) is 9.47 Å². The number of rotatable bonds is 6. The van der Waals surface area contributed by atoms with Crippen LogP contribution in [0.5, 0.6) is 11.5 Å². The Bertz CT molecular complexity index is 854. The summed E-state index contributed by atoms with van der Waals surface area (Å²) in [5.74, 6) is 1.13. The van der Waals surface area contributed by atoms with Gasteiger partial charge in [-0.3, -0.25) is 0 Å². The molecule has 1 spiro atoms. The molecule has 7 atom stereocenters. The van der Waals surface area contributed by atoms with Crippen molar-refractivity contribution in [1.29, 1.82) is 0 Å². The number of hydrogen-bond donors (Lipinski definition) is 2. The summed E-state index contributed by atoms with van der Waals surface area (Å²) in [4.78, 5) is 2.50. The van der Waals surface area contributed by atoms with Crippen molar-refractivity contribution in [2.24, 2.45) is 11.3 Å². The van der Waals surface area contributed by atoms with E-state index >= 15 is 0 Å². The molecule has 4 aliphatic carbocycles. The Balaban J connectivity index is 1.73. The highest BCUT2D eigenvalue weighted by molar-refractivity contribution is 5.59. The highest BCUT2D eigenvalue weighted by Crippen LogP contribution is 2.72. The normalized spacial score (nSPS) is 40.2. The van der Waals surface area contributed by atoms with Crippen LogP contribution < -0.4 is 4.74 Å². The van der Waals surface area contributed by atoms with E-state index in [0.29, 0.717) is 11.8 Å². The summed E-state index contributed by atoms with van der Waals surface area (Å²) in [6, 6.07) is 4.28. The van der Waals surface area contributed by atoms with Crippen LogP contribution in [0.3, 0.4) is 0 Å². The number of aromatic hydroxyl groups is 1. The smallest absolute Gasteiger partial charge is 0.165 e. The lowest BCUT2D eigenvalue weighted by molar-refractivity contribution is -0.267. The SMILES string of the molecule is CCC[C@](C)(O)[C@H]1C[C@@]23CC[C@@]1(OC)[C@@H]1Oc4c(O)ccc(c4C12)C[C@H]3N(C)CC. The van der Waals surface area contributed by atoms with Gasteiger partial charge in [0.1, 0.15) is 11.7 Å². The van der Waals surface area contributed by atoms with Gasteiger partial charge in [0.15, 0.2) is 11.5 Å². The molecule has 5 heteroatoms. The van der Waals surface area contributed by atoms with Crippen molar-refractivity contribution in [1.82, 2.24) is 4.90 Å². The predicted octanol–water partition coefficient (Wildman–Crippen LogP) is 3.85. The van der Waals surface area contributed by atoms with Crippen LogP contribution in [0.4, 0.5) is 0 Å². The van der Waals surface area contributed by atoms with Crippen molar-refractivity contribution < 1.29 is 19.7 Å². The number of ether oxygens (including phenoxy) is 2. The van der Waals surface area contributed by atoms with Crippen LogP contribution in [0.15, 0.2) is 12.1 Å². The largest absolute Gasteiger partial charge is 0.504 e. The molecular formula is C25H37NO4. The second kappa shape index (κ2) is 6.60.